The molecule has 0 bridgehead atoms. The summed E-state index contributed by atoms with van der Waals surface area (Å²) in [5, 5.41) is 6.43. The quantitative estimate of drug-likeness (QED) is 0.665. The van der Waals surface area contributed by atoms with Crippen LogP contribution in [0.4, 0.5) is 5.69 Å². The molecule has 2 N–H and O–H groups in total. The minimum absolute atomic E-state index is 0.150. The predicted octanol–water partition coefficient (Wildman–Crippen LogP) is 2.26. The molecule has 132 valence electrons. The smallest absolute Gasteiger partial charge is 0.274 e. The molecule has 0 unspecified atom stereocenters. The van der Waals surface area contributed by atoms with Crippen molar-refractivity contribution >= 4 is 28.4 Å². The van der Waals surface area contributed by atoms with Crippen molar-refractivity contribution in [3.63, 3.8) is 0 Å². The second-order valence-corrected chi connectivity index (χ2v) is 5.51. The molecule has 0 spiro atoms. The Morgan fingerprint density at radius 3 is 2.73 bits per heavy atom. The van der Waals surface area contributed by atoms with E-state index in [2.05, 4.69) is 20.6 Å². The van der Waals surface area contributed by atoms with Gasteiger partial charge in [0, 0.05) is 37.0 Å². The topological polar surface area (TPSA) is 93.2 Å². The minimum Gasteiger partial charge on any atom is -0.383 e. The lowest BCUT2D eigenvalue weighted by atomic mass is 10.1. The number of nitrogens with one attached hydrogen (secondary N) is 2. The normalized spacial score (nSPS) is 10.5. The summed E-state index contributed by atoms with van der Waals surface area (Å²) in [5.74, 6) is -0.694. The largest absolute Gasteiger partial charge is 0.383 e. The van der Waals surface area contributed by atoms with Gasteiger partial charge in [0.15, 0.2) is 0 Å². The lowest BCUT2D eigenvalue weighted by Gasteiger charge is -2.09. The van der Waals surface area contributed by atoms with E-state index in [-0.39, 0.29) is 11.6 Å². The number of hydrogen-bond donors (Lipinski definition) is 2. The number of para-hydroxylation sites is 1. The van der Waals surface area contributed by atoms with E-state index >= 15 is 0 Å². The van der Waals surface area contributed by atoms with Gasteiger partial charge in [0.2, 0.25) is 0 Å². The molecule has 0 aliphatic carbocycles. The lowest BCUT2D eigenvalue weighted by molar-refractivity contribution is 0.0937. The molecule has 2 aromatic heterocycles. The molecule has 1 aromatic carbocycles. The van der Waals surface area contributed by atoms with Crippen molar-refractivity contribution in [2.45, 2.75) is 0 Å². The van der Waals surface area contributed by atoms with Crippen LogP contribution >= 0.6 is 0 Å². The maximum Gasteiger partial charge on any atom is 0.274 e. The second kappa shape index (κ2) is 8.17. The van der Waals surface area contributed by atoms with E-state index in [4.69, 9.17) is 4.74 Å². The molecule has 2 amide bonds. The Labute approximate surface area is 150 Å². The van der Waals surface area contributed by atoms with Crippen molar-refractivity contribution in [3.8, 4) is 0 Å². The molecule has 0 aliphatic heterocycles. The van der Waals surface area contributed by atoms with E-state index in [1.165, 1.54) is 12.3 Å². The number of carbonyl (C=O) groups is 2. The van der Waals surface area contributed by atoms with Crippen LogP contribution in [0.2, 0.25) is 0 Å². The zero-order valence-electron chi connectivity index (χ0n) is 14.2. The zero-order valence-corrected chi connectivity index (χ0v) is 14.2. The summed E-state index contributed by atoms with van der Waals surface area (Å²) in [5.41, 5.74) is 1.79. The summed E-state index contributed by atoms with van der Waals surface area (Å²) < 4.78 is 4.89. The highest BCUT2D eigenvalue weighted by atomic mass is 16.5. The Morgan fingerprint density at radius 2 is 1.88 bits per heavy atom. The standard InChI is InChI=1S/C19H18N4O3/c1-26-11-10-22-18(24)14-7-9-20-16(12-14)19(25)23-15-6-2-4-13-5-3-8-21-17(13)15/h2-9,12H,10-11H2,1H3,(H,22,24)(H,23,25). The van der Waals surface area contributed by atoms with Crippen molar-refractivity contribution in [1.82, 2.24) is 15.3 Å². The first-order valence-electron chi connectivity index (χ1n) is 8.07. The number of pyridine rings is 2. The van der Waals surface area contributed by atoms with Gasteiger partial charge in [0.1, 0.15) is 5.69 Å². The lowest BCUT2D eigenvalue weighted by Crippen LogP contribution is -2.27. The Bertz CT molecular complexity index is 937. The number of amides is 2. The summed E-state index contributed by atoms with van der Waals surface area (Å²) in [6.45, 7) is 0.805. The van der Waals surface area contributed by atoms with Gasteiger partial charge in [-0.15, -0.1) is 0 Å². The number of hydrogen-bond acceptors (Lipinski definition) is 5. The van der Waals surface area contributed by atoms with Crippen LogP contribution in [0.5, 0.6) is 0 Å². The molecule has 0 saturated heterocycles. The summed E-state index contributed by atoms with van der Waals surface area (Å²) >= 11 is 0. The van der Waals surface area contributed by atoms with E-state index in [0.717, 1.165) is 5.39 Å². The molecular weight excluding hydrogens is 332 g/mol. The van der Waals surface area contributed by atoms with Crippen LogP contribution in [0.25, 0.3) is 10.9 Å². The predicted molar refractivity (Wildman–Crippen MR) is 98.1 cm³/mol. The Kier molecular flexibility index (Phi) is 5.50. The van der Waals surface area contributed by atoms with E-state index < -0.39 is 5.91 Å². The third-order valence-corrected chi connectivity index (χ3v) is 3.73. The number of carbonyl (C=O) groups excluding carboxylic acids is 2. The number of nitrogens with zero attached hydrogens (tertiary/aromatic N) is 2. The molecule has 7 nitrogen and oxygen atoms in total. The van der Waals surface area contributed by atoms with Crippen molar-refractivity contribution in [2.24, 2.45) is 0 Å². The number of anilines is 1. The van der Waals surface area contributed by atoms with E-state index in [1.807, 2.05) is 24.3 Å². The fourth-order valence-corrected chi connectivity index (χ4v) is 2.46. The number of rotatable bonds is 6. The summed E-state index contributed by atoms with van der Waals surface area (Å²) in [7, 11) is 1.56. The molecule has 26 heavy (non-hydrogen) atoms. The van der Waals surface area contributed by atoms with E-state index in [1.54, 1.807) is 25.4 Å². The summed E-state index contributed by atoms with van der Waals surface area (Å²) in [6, 6.07) is 12.3. The molecule has 3 aromatic rings. The van der Waals surface area contributed by atoms with Crippen LogP contribution in [0.3, 0.4) is 0 Å². The van der Waals surface area contributed by atoms with Crippen molar-refractivity contribution in [2.75, 3.05) is 25.6 Å². The van der Waals surface area contributed by atoms with Gasteiger partial charge >= 0.3 is 0 Å². The third-order valence-electron chi connectivity index (χ3n) is 3.73. The number of methoxy groups -OCH3 is 1. The molecule has 0 saturated carbocycles. The maximum absolute atomic E-state index is 12.5. The molecule has 2 heterocycles. The molecule has 0 fully saturated rings. The third kappa shape index (κ3) is 4.01. The highest BCUT2D eigenvalue weighted by molar-refractivity contribution is 6.08. The molecule has 0 atom stereocenters. The first-order chi connectivity index (χ1) is 12.7. The Balaban J connectivity index is 1.77. The molecular formula is C19H18N4O3. The van der Waals surface area contributed by atoms with Crippen LogP contribution < -0.4 is 10.6 Å². The summed E-state index contributed by atoms with van der Waals surface area (Å²) in [4.78, 5) is 33.0. The van der Waals surface area contributed by atoms with Crippen LogP contribution in [0.15, 0.2) is 54.9 Å². The second-order valence-electron chi connectivity index (χ2n) is 5.51. The van der Waals surface area contributed by atoms with E-state index in [0.29, 0.717) is 29.9 Å². The fourth-order valence-electron chi connectivity index (χ4n) is 2.46. The fraction of sp³-hybridized carbons (Fsp3) is 0.158. The highest BCUT2D eigenvalue weighted by Gasteiger charge is 2.13. The van der Waals surface area contributed by atoms with Gasteiger partial charge in [-0.1, -0.05) is 18.2 Å². The van der Waals surface area contributed by atoms with Crippen LogP contribution in [0.1, 0.15) is 20.8 Å². The van der Waals surface area contributed by atoms with Gasteiger partial charge in [-0.2, -0.15) is 0 Å². The zero-order chi connectivity index (χ0) is 18.4. The van der Waals surface area contributed by atoms with Gasteiger partial charge in [0.05, 0.1) is 17.8 Å². The Morgan fingerprint density at radius 1 is 1.04 bits per heavy atom. The molecule has 0 aliphatic rings. The monoisotopic (exact) mass is 350 g/mol. The van der Waals surface area contributed by atoms with Crippen LogP contribution in [-0.4, -0.2) is 42.0 Å². The molecule has 0 radical (unpaired) electrons. The van der Waals surface area contributed by atoms with Crippen molar-refractivity contribution in [3.05, 3.63) is 66.1 Å². The minimum atomic E-state index is -0.408. The number of fused-ring (bicyclic) bond motifs is 1. The highest BCUT2D eigenvalue weighted by Crippen LogP contribution is 2.21. The average molecular weight is 350 g/mol. The van der Waals surface area contributed by atoms with Crippen molar-refractivity contribution in [1.29, 1.82) is 0 Å². The van der Waals surface area contributed by atoms with Gasteiger partial charge in [-0.25, -0.2) is 0 Å². The number of benzene rings is 1. The average Bonchev–Trinajstić information content (AvgIpc) is 2.68. The van der Waals surface area contributed by atoms with Gasteiger partial charge < -0.3 is 15.4 Å². The maximum atomic E-state index is 12.5. The van der Waals surface area contributed by atoms with Crippen LogP contribution in [-0.2, 0) is 4.74 Å². The van der Waals surface area contributed by atoms with Gasteiger partial charge in [-0.05, 0) is 24.3 Å². The molecule has 3 rings (SSSR count). The first-order valence-corrected chi connectivity index (χ1v) is 8.07. The van der Waals surface area contributed by atoms with E-state index in [9.17, 15) is 9.59 Å². The summed E-state index contributed by atoms with van der Waals surface area (Å²) in [6.07, 6.45) is 3.10. The number of aromatic nitrogens is 2. The molecule has 7 heteroatoms. The van der Waals surface area contributed by atoms with Crippen molar-refractivity contribution < 1.29 is 14.3 Å². The van der Waals surface area contributed by atoms with Crippen LogP contribution in [0, 0.1) is 0 Å². The van der Waals surface area contributed by atoms with Gasteiger partial charge in [0.25, 0.3) is 11.8 Å². The first kappa shape index (κ1) is 17.5. The Hall–Kier alpha value is -3.32. The SMILES string of the molecule is COCCNC(=O)c1ccnc(C(=O)Nc2cccc3cccnc23)c1. The van der Waals surface area contributed by atoms with Gasteiger partial charge in [-0.3, -0.25) is 19.6 Å². The number of ether oxygens (including phenoxy) is 1.